The van der Waals surface area contributed by atoms with E-state index in [-0.39, 0.29) is 11.8 Å². The number of hydrogen-bond donors (Lipinski definition) is 1. The van der Waals surface area contributed by atoms with Gasteiger partial charge < -0.3 is 14.4 Å². The molecule has 2 aliphatic heterocycles. The molecule has 0 bridgehead atoms. The lowest BCUT2D eigenvalue weighted by Crippen LogP contribution is -2.45. The van der Waals surface area contributed by atoms with Crippen molar-refractivity contribution in [3.63, 3.8) is 0 Å². The Morgan fingerprint density at radius 2 is 2.15 bits per heavy atom. The lowest BCUT2D eigenvalue weighted by molar-refractivity contribution is -0.138. The third-order valence-corrected chi connectivity index (χ3v) is 5.45. The third-order valence-electron chi connectivity index (χ3n) is 5.45. The number of piperidine rings is 1. The molecule has 2 aromatic rings. The first-order chi connectivity index (χ1) is 12.6. The monoisotopic (exact) mass is 358 g/mol. The molecule has 2 aromatic heterocycles. The van der Waals surface area contributed by atoms with Crippen molar-refractivity contribution in [3.8, 4) is 0 Å². The molecule has 26 heavy (non-hydrogen) atoms. The Kier molecular flexibility index (Phi) is 4.82. The van der Waals surface area contributed by atoms with Gasteiger partial charge in [0.2, 0.25) is 5.91 Å². The van der Waals surface area contributed by atoms with Crippen molar-refractivity contribution < 1.29 is 14.3 Å². The molecular weight excluding hydrogens is 332 g/mol. The molecule has 2 aliphatic rings. The van der Waals surface area contributed by atoms with Crippen LogP contribution in [0.4, 0.5) is 0 Å². The lowest BCUT2D eigenvalue weighted by atomic mass is 9.95. The molecule has 1 saturated heterocycles. The normalized spacial score (nSPS) is 20.2. The van der Waals surface area contributed by atoms with E-state index in [4.69, 9.17) is 4.42 Å². The number of amides is 1. The third kappa shape index (κ3) is 3.54. The zero-order chi connectivity index (χ0) is 18.1. The fraction of sp³-hybridized carbons (Fsp3) is 0.579. The van der Waals surface area contributed by atoms with Crippen LogP contribution in [0.2, 0.25) is 0 Å². The molecule has 0 unspecified atom stereocenters. The first kappa shape index (κ1) is 17.3. The fourth-order valence-corrected chi connectivity index (χ4v) is 3.90. The highest BCUT2D eigenvalue weighted by Crippen LogP contribution is 2.24. The van der Waals surface area contributed by atoms with Crippen molar-refractivity contribution in [3.05, 3.63) is 41.6 Å². The van der Waals surface area contributed by atoms with Gasteiger partial charge in [0.25, 0.3) is 0 Å². The smallest absolute Gasteiger partial charge is 0.226 e. The number of carbonyl (C=O) groups is 1. The molecule has 0 aromatic carbocycles. The Balaban J connectivity index is 1.32. The summed E-state index contributed by atoms with van der Waals surface area (Å²) in [4.78, 5) is 17.2. The van der Waals surface area contributed by atoms with Crippen LogP contribution in [0.5, 0.6) is 0 Å². The van der Waals surface area contributed by atoms with Crippen LogP contribution in [0, 0.1) is 5.92 Å². The number of fused-ring (bicyclic) bond motifs is 1. The molecule has 0 aliphatic carbocycles. The summed E-state index contributed by atoms with van der Waals surface area (Å²) in [5, 5.41) is 14.1. The van der Waals surface area contributed by atoms with Gasteiger partial charge in [-0.1, -0.05) is 0 Å². The molecule has 0 spiro atoms. The first-order valence-electron chi connectivity index (χ1n) is 9.38. The van der Waals surface area contributed by atoms with E-state index < -0.39 is 6.10 Å². The van der Waals surface area contributed by atoms with Gasteiger partial charge in [-0.15, -0.1) is 0 Å². The predicted octanol–water partition coefficient (Wildman–Crippen LogP) is 1.78. The van der Waals surface area contributed by atoms with Crippen LogP contribution >= 0.6 is 0 Å². The summed E-state index contributed by atoms with van der Waals surface area (Å²) >= 11 is 0. The summed E-state index contributed by atoms with van der Waals surface area (Å²) < 4.78 is 7.33. The maximum atomic E-state index is 12.9. The maximum Gasteiger partial charge on any atom is 0.226 e. The van der Waals surface area contributed by atoms with Crippen LogP contribution in [-0.2, 0) is 24.4 Å². The van der Waals surface area contributed by atoms with Gasteiger partial charge in [0, 0.05) is 12.5 Å². The summed E-state index contributed by atoms with van der Waals surface area (Å²) in [7, 11) is 0. The van der Waals surface area contributed by atoms with Crippen molar-refractivity contribution >= 4 is 5.91 Å². The van der Waals surface area contributed by atoms with Crippen molar-refractivity contribution in [2.24, 2.45) is 5.92 Å². The average Bonchev–Trinajstić information content (AvgIpc) is 3.30. The number of likely N-dealkylation sites (tertiary alicyclic amines) is 1. The van der Waals surface area contributed by atoms with E-state index >= 15 is 0 Å². The van der Waals surface area contributed by atoms with E-state index in [1.54, 1.807) is 13.2 Å². The second-order valence-electron chi connectivity index (χ2n) is 7.35. The van der Waals surface area contributed by atoms with Crippen LogP contribution in [0.1, 0.15) is 43.0 Å². The second kappa shape index (κ2) is 7.25. The predicted molar refractivity (Wildman–Crippen MR) is 95.0 cm³/mol. The van der Waals surface area contributed by atoms with Crippen LogP contribution in [-0.4, -0.2) is 50.2 Å². The average molecular weight is 358 g/mol. The minimum Gasteiger partial charge on any atom is -0.468 e. The Morgan fingerprint density at radius 1 is 1.35 bits per heavy atom. The summed E-state index contributed by atoms with van der Waals surface area (Å²) in [6, 6.07) is 5.82. The topological polar surface area (TPSA) is 74.7 Å². The Labute approximate surface area is 153 Å². The number of aromatic nitrogens is 2. The maximum absolute atomic E-state index is 12.9. The van der Waals surface area contributed by atoms with E-state index in [1.807, 2.05) is 27.8 Å². The SMILES string of the molecule is C[C@H](O)c1cc2n(n1)CCN(C(=O)C1CCN(Cc3ccco3)CC1)C2. The molecule has 7 nitrogen and oxygen atoms in total. The minimum atomic E-state index is -0.573. The molecule has 1 N–H and O–H groups in total. The van der Waals surface area contributed by atoms with Gasteiger partial charge in [0.05, 0.1) is 43.4 Å². The van der Waals surface area contributed by atoms with Crippen molar-refractivity contribution in [1.29, 1.82) is 0 Å². The van der Waals surface area contributed by atoms with Gasteiger partial charge >= 0.3 is 0 Å². The largest absolute Gasteiger partial charge is 0.468 e. The van der Waals surface area contributed by atoms with Crippen LogP contribution in [0.15, 0.2) is 28.9 Å². The number of rotatable bonds is 4. The van der Waals surface area contributed by atoms with E-state index in [2.05, 4.69) is 10.00 Å². The number of carbonyl (C=O) groups excluding carboxylic acids is 1. The summed E-state index contributed by atoms with van der Waals surface area (Å²) in [6.45, 7) is 6.37. The highest BCUT2D eigenvalue weighted by molar-refractivity contribution is 5.79. The van der Waals surface area contributed by atoms with E-state index in [0.717, 1.165) is 43.9 Å². The molecule has 140 valence electrons. The van der Waals surface area contributed by atoms with Crippen molar-refractivity contribution in [1.82, 2.24) is 19.6 Å². The number of furan rings is 1. The lowest BCUT2D eigenvalue weighted by Gasteiger charge is -2.35. The van der Waals surface area contributed by atoms with Gasteiger partial charge in [0.15, 0.2) is 0 Å². The van der Waals surface area contributed by atoms with Gasteiger partial charge in [-0.2, -0.15) is 5.10 Å². The highest BCUT2D eigenvalue weighted by Gasteiger charge is 2.31. The minimum absolute atomic E-state index is 0.105. The standard InChI is InChI=1S/C19H26N4O3/c1-14(24)18-11-16-12-22(8-9-23(16)20-18)19(25)15-4-6-21(7-5-15)13-17-3-2-10-26-17/h2-3,10-11,14-15,24H,4-9,12-13H2,1H3/t14-/m0/s1. The molecule has 0 radical (unpaired) electrons. The molecule has 1 atom stereocenters. The van der Waals surface area contributed by atoms with Crippen LogP contribution in [0.3, 0.4) is 0 Å². The number of aliphatic hydroxyl groups is 1. The number of hydrogen-bond acceptors (Lipinski definition) is 5. The first-order valence-corrected chi connectivity index (χ1v) is 9.38. The zero-order valence-electron chi connectivity index (χ0n) is 15.2. The Bertz CT molecular complexity index is 745. The van der Waals surface area contributed by atoms with Gasteiger partial charge in [-0.3, -0.25) is 14.4 Å². The number of nitrogens with zero attached hydrogens (tertiary/aromatic N) is 4. The van der Waals surface area contributed by atoms with Gasteiger partial charge in [0.1, 0.15) is 5.76 Å². The van der Waals surface area contributed by atoms with Crippen molar-refractivity contribution in [2.75, 3.05) is 19.6 Å². The molecule has 0 saturated carbocycles. The van der Waals surface area contributed by atoms with Crippen LogP contribution < -0.4 is 0 Å². The highest BCUT2D eigenvalue weighted by atomic mass is 16.3. The van der Waals surface area contributed by atoms with E-state index in [1.165, 1.54) is 0 Å². The van der Waals surface area contributed by atoms with Crippen molar-refractivity contribution in [2.45, 2.75) is 45.5 Å². The van der Waals surface area contributed by atoms with Gasteiger partial charge in [-0.25, -0.2) is 0 Å². The Hall–Kier alpha value is -2.12. The quantitative estimate of drug-likeness (QED) is 0.902. The second-order valence-corrected chi connectivity index (χ2v) is 7.35. The Morgan fingerprint density at radius 3 is 2.85 bits per heavy atom. The summed E-state index contributed by atoms with van der Waals surface area (Å²) in [6.07, 6.45) is 2.92. The molecular formula is C19H26N4O3. The fourth-order valence-electron chi connectivity index (χ4n) is 3.90. The molecule has 4 heterocycles. The zero-order valence-corrected chi connectivity index (χ0v) is 15.2. The van der Waals surface area contributed by atoms with Crippen LogP contribution in [0.25, 0.3) is 0 Å². The van der Waals surface area contributed by atoms with Gasteiger partial charge in [-0.05, 0) is 51.1 Å². The molecule has 1 fully saturated rings. The molecule has 1 amide bonds. The van der Waals surface area contributed by atoms with E-state index in [9.17, 15) is 9.90 Å². The summed E-state index contributed by atoms with van der Waals surface area (Å²) in [5.74, 6) is 1.34. The van der Waals surface area contributed by atoms with E-state index in [0.29, 0.717) is 25.3 Å². The molecule has 4 rings (SSSR count). The summed E-state index contributed by atoms with van der Waals surface area (Å²) in [5.41, 5.74) is 1.69. The number of aliphatic hydroxyl groups excluding tert-OH is 1. The molecule has 7 heteroatoms.